The summed E-state index contributed by atoms with van der Waals surface area (Å²) in [6.07, 6.45) is 0.947. The summed E-state index contributed by atoms with van der Waals surface area (Å²) < 4.78 is 5.14. The zero-order chi connectivity index (χ0) is 14.4. The van der Waals surface area contributed by atoms with Crippen molar-refractivity contribution >= 4 is 5.97 Å². The summed E-state index contributed by atoms with van der Waals surface area (Å²) in [5.74, 6) is 0.0905. The summed E-state index contributed by atoms with van der Waals surface area (Å²) in [5.41, 5.74) is 1.15. The minimum absolute atomic E-state index is 0.0583. The Kier molecular flexibility index (Phi) is 5.38. The monoisotopic (exact) mass is 278 g/mol. The molecule has 1 aliphatic heterocycles. The Morgan fingerprint density at radius 1 is 1.35 bits per heavy atom. The van der Waals surface area contributed by atoms with Crippen LogP contribution in [0.25, 0.3) is 0 Å². The maximum absolute atomic E-state index is 11.1. The van der Waals surface area contributed by atoms with Gasteiger partial charge in [0.1, 0.15) is 5.75 Å². The van der Waals surface area contributed by atoms with Gasteiger partial charge in [0.25, 0.3) is 0 Å². The molecule has 1 aliphatic rings. The molecule has 1 fully saturated rings. The SMILES string of the molecule is COc1ccc(CC(CC(=O)O)N2CCNCC2)cc1. The molecule has 1 saturated heterocycles. The Balaban J connectivity index is 2.03. The lowest BCUT2D eigenvalue weighted by molar-refractivity contribution is -0.138. The lowest BCUT2D eigenvalue weighted by atomic mass is 10.0. The van der Waals surface area contributed by atoms with E-state index >= 15 is 0 Å². The number of carboxylic acid groups (broad SMARTS) is 1. The lowest BCUT2D eigenvalue weighted by Gasteiger charge is -2.34. The van der Waals surface area contributed by atoms with E-state index in [2.05, 4.69) is 10.2 Å². The highest BCUT2D eigenvalue weighted by atomic mass is 16.5. The fraction of sp³-hybridized carbons (Fsp3) is 0.533. The Morgan fingerprint density at radius 3 is 2.55 bits per heavy atom. The van der Waals surface area contributed by atoms with Gasteiger partial charge in [-0.2, -0.15) is 0 Å². The van der Waals surface area contributed by atoms with Crippen molar-refractivity contribution in [1.82, 2.24) is 10.2 Å². The van der Waals surface area contributed by atoms with E-state index < -0.39 is 5.97 Å². The number of benzene rings is 1. The van der Waals surface area contributed by atoms with Crippen LogP contribution in [0.15, 0.2) is 24.3 Å². The molecule has 0 saturated carbocycles. The molecule has 5 heteroatoms. The van der Waals surface area contributed by atoms with Crippen LogP contribution in [0.3, 0.4) is 0 Å². The third-order valence-electron chi connectivity index (χ3n) is 3.71. The first-order valence-electron chi connectivity index (χ1n) is 6.98. The molecule has 0 aliphatic carbocycles. The van der Waals surface area contributed by atoms with E-state index in [4.69, 9.17) is 9.84 Å². The fourth-order valence-corrected chi connectivity index (χ4v) is 2.61. The van der Waals surface area contributed by atoms with E-state index in [1.165, 1.54) is 0 Å². The highest BCUT2D eigenvalue weighted by molar-refractivity contribution is 5.67. The van der Waals surface area contributed by atoms with Crippen LogP contribution in [0, 0.1) is 0 Å². The van der Waals surface area contributed by atoms with Crippen molar-refractivity contribution in [2.45, 2.75) is 18.9 Å². The number of piperazine rings is 1. The summed E-state index contributed by atoms with van der Waals surface area (Å²) in [6.45, 7) is 3.68. The summed E-state index contributed by atoms with van der Waals surface area (Å²) in [4.78, 5) is 13.4. The molecule has 0 amide bonds. The first kappa shape index (κ1) is 14.8. The van der Waals surface area contributed by atoms with E-state index in [1.807, 2.05) is 24.3 Å². The van der Waals surface area contributed by atoms with E-state index in [1.54, 1.807) is 7.11 Å². The maximum atomic E-state index is 11.1. The molecule has 5 nitrogen and oxygen atoms in total. The van der Waals surface area contributed by atoms with Crippen molar-refractivity contribution in [3.8, 4) is 5.75 Å². The number of carboxylic acids is 1. The normalized spacial score (nSPS) is 17.6. The average molecular weight is 278 g/mol. The molecule has 110 valence electrons. The van der Waals surface area contributed by atoms with Crippen molar-refractivity contribution in [2.24, 2.45) is 0 Å². The molecule has 1 unspecified atom stereocenters. The number of rotatable bonds is 6. The summed E-state index contributed by atoms with van der Waals surface area (Å²) >= 11 is 0. The zero-order valence-corrected chi connectivity index (χ0v) is 11.8. The third kappa shape index (κ3) is 4.21. The molecule has 0 radical (unpaired) electrons. The van der Waals surface area contributed by atoms with E-state index in [-0.39, 0.29) is 12.5 Å². The number of hydrogen-bond acceptors (Lipinski definition) is 4. The van der Waals surface area contributed by atoms with Crippen molar-refractivity contribution in [3.63, 3.8) is 0 Å². The predicted octanol–water partition coefficient (Wildman–Crippen LogP) is 0.986. The van der Waals surface area contributed by atoms with Gasteiger partial charge in [-0.25, -0.2) is 0 Å². The molecule has 1 aromatic carbocycles. The molecule has 2 rings (SSSR count). The smallest absolute Gasteiger partial charge is 0.304 e. The van der Waals surface area contributed by atoms with Crippen LogP contribution in [0.5, 0.6) is 5.75 Å². The van der Waals surface area contributed by atoms with Gasteiger partial charge in [-0.05, 0) is 24.1 Å². The van der Waals surface area contributed by atoms with Crippen LogP contribution < -0.4 is 10.1 Å². The van der Waals surface area contributed by atoms with Crippen molar-refractivity contribution in [1.29, 1.82) is 0 Å². The minimum atomic E-state index is -0.734. The van der Waals surface area contributed by atoms with Gasteiger partial charge < -0.3 is 15.2 Å². The van der Waals surface area contributed by atoms with Crippen LogP contribution in [0.4, 0.5) is 0 Å². The number of aliphatic carboxylic acids is 1. The second-order valence-electron chi connectivity index (χ2n) is 5.09. The van der Waals surface area contributed by atoms with Crippen LogP contribution in [-0.2, 0) is 11.2 Å². The zero-order valence-electron chi connectivity index (χ0n) is 11.8. The summed E-state index contributed by atoms with van der Waals surface area (Å²) in [6, 6.07) is 7.92. The van der Waals surface area contributed by atoms with Gasteiger partial charge in [-0.3, -0.25) is 9.69 Å². The quantitative estimate of drug-likeness (QED) is 0.812. The molecule has 0 bridgehead atoms. The highest BCUT2D eigenvalue weighted by Crippen LogP contribution is 2.17. The first-order chi connectivity index (χ1) is 9.69. The van der Waals surface area contributed by atoms with E-state index in [0.717, 1.165) is 43.9 Å². The van der Waals surface area contributed by atoms with Crippen LogP contribution >= 0.6 is 0 Å². The van der Waals surface area contributed by atoms with Gasteiger partial charge in [0.2, 0.25) is 0 Å². The number of hydrogen-bond donors (Lipinski definition) is 2. The molecular formula is C15H22N2O3. The molecule has 0 aromatic heterocycles. The maximum Gasteiger partial charge on any atom is 0.304 e. The Bertz CT molecular complexity index is 427. The van der Waals surface area contributed by atoms with Gasteiger partial charge in [-0.1, -0.05) is 12.1 Å². The standard InChI is InChI=1S/C15H22N2O3/c1-20-14-4-2-12(3-5-14)10-13(11-15(18)19)17-8-6-16-7-9-17/h2-5,13,16H,6-11H2,1H3,(H,18,19). The molecule has 2 N–H and O–H groups in total. The number of nitrogens with one attached hydrogen (secondary N) is 1. The Labute approximate surface area is 119 Å². The topological polar surface area (TPSA) is 61.8 Å². The van der Waals surface area contributed by atoms with Crippen molar-refractivity contribution < 1.29 is 14.6 Å². The summed E-state index contributed by atoms with van der Waals surface area (Å²) in [7, 11) is 1.64. The lowest BCUT2D eigenvalue weighted by Crippen LogP contribution is -2.49. The van der Waals surface area contributed by atoms with Gasteiger partial charge >= 0.3 is 5.97 Å². The first-order valence-corrected chi connectivity index (χ1v) is 6.98. The summed E-state index contributed by atoms with van der Waals surface area (Å²) in [5, 5.41) is 12.4. The third-order valence-corrected chi connectivity index (χ3v) is 3.71. The van der Waals surface area contributed by atoms with Crippen LogP contribution in [-0.4, -0.2) is 55.3 Å². The second kappa shape index (κ2) is 7.26. The number of ether oxygens (including phenoxy) is 1. The van der Waals surface area contributed by atoms with Crippen molar-refractivity contribution in [2.75, 3.05) is 33.3 Å². The predicted molar refractivity (Wildman–Crippen MR) is 77.2 cm³/mol. The van der Waals surface area contributed by atoms with Gasteiger partial charge in [0.05, 0.1) is 13.5 Å². The molecule has 20 heavy (non-hydrogen) atoms. The molecule has 0 spiro atoms. The van der Waals surface area contributed by atoms with Gasteiger partial charge in [-0.15, -0.1) is 0 Å². The van der Waals surface area contributed by atoms with E-state index in [0.29, 0.717) is 0 Å². The molecule has 1 atom stereocenters. The largest absolute Gasteiger partial charge is 0.497 e. The minimum Gasteiger partial charge on any atom is -0.497 e. The second-order valence-corrected chi connectivity index (χ2v) is 5.09. The Hall–Kier alpha value is -1.59. The van der Waals surface area contributed by atoms with E-state index in [9.17, 15) is 4.79 Å². The van der Waals surface area contributed by atoms with Crippen molar-refractivity contribution in [3.05, 3.63) is 29.8 Å². The van der Waals surface area contributed by atoms with Gasteiger partial charge in [0, 0.05) is 32.2 Å². The molecular weight excluding hydrogens is 256 g/mol. The van der Waals surface area contributed by atoms with Crippen LogP contribution in [0.2, 0.25) is 0 Å². The van der Waals surface area contributed by atoms with Gasteiger partial charge in [0.15, 0.2) is 0 Å². The highest BCUT2D eigenvalue weighted by Gasteiger charge is 2.23. The number of carbonyl (C=O) groups is 1. The molecule has 1 aromatic rings. The molecule has 1 heterocycles. The van der Waals surface area contributed by atoms with Crippen LogP contribution in [0.1, 0.15) is 12.0 Å². The number of nitrogens with zero attached hydrogens (tertiary/aromatic N) is 1. The fourth-order valence-electron chi connectivity index (χ4n) is 2.61. The number of methoxy groups -OCH3 is 1. The average Bonchev–Trinajstić information content (AvgIpc) is 2.48. The Morgan fingerprint density at radius 2 is 2.00 bits per heavy atom.